The van der Waals surface area contributed by atoms with Gasteiger partial charge in [0.2, 0.25) is 0 Å². The Kier molecular flexibility index (Phi) is 4.13. The van der Waals surface area contributed by atoms with Crippen LogP contribution < -0.4 is 0 Å². The quantitative estimate of drug-likeness (QED) is 0.595. The predicted octanol–water partition coefficient (Wildman–Crippen LogP) is 3.37. The van der Waals surface area contributed by atoms with Gasteiger partial charge >= 0.3 is 6.09 Å². The Morgan fingerprint density at radius 1 is 1.33 bits per heavy atom. The molecule has 0 atom stereocenters. The highest BCUT2D eigenvalue weighted by Crippen LogP contribution is 2.19. The predicted molar refractivity (Wildman–Crippen MR) is 81.1 cm³/mol. The molecule has 0 aliphatic rings. The number of hydrogen-bond acceptors (Lipinski definition) is 3. The normalized spacial score (nSPS) is 10.8. The van der Waals surface area contributed by atoms with E-state index in [0.29, 0.717) is 0 Å². The molecule has 0 aliphatic carbocycles. The van der Waals surface area contributed by atoms with Gasteiger partial charge in [-0.2, -0.15) is 0 Å². The van der Waals surface area contributed by atoms with Gasteiger partial charge in [0.25, 0.3) is 0 Å². The number of benzene rings is 1. The highest BCUT2D eigenvalue weighted by Gasteiger charge is 2.18. The molecule has 1 aromatic heterocycles. The molecule has 4 nitrogen and oxygen atoms in total. The molecule has 21 heavy (non-hydrogen) atoms. The zero-order valence-corrected chi connectivity index (χ0v) is 12.3. The smallest absolute Gasteiger partial charge is 0.418 e. The number of hydrogen-bond donors (Lipinski definition) is 0. The van der Waals surface area contributed by atoms with Crippen molar-refractivity contribution in [1.82, 2.24) is 4.57 Å². The van der Waals surface area contributed by atoms with E-state index in [1.807, 2.05) is 45.0 Å². The highest BCUT2D eigenvalue weighted by molar-refractivity contribution is 5.90. The maximum atomic E-state index is 12.1. The summed E-state index contributed by atoms with van der Waals surface area (Å²) in [5.41, 5.74) is 1.05. The third kappa shape index (κ3) is 3.73. The zero-order valence-electron chi connectivity index (χ0n) is 12.3. The number of rotatable bonds is 1. The van der Waals surface area contributed by atoms with Gasteiger partial charge in [0.1, 0.15) is 11.9 Å². The number of ether oxygens (including phenoxy) is 1. The van der Waals surface area contributed by atoms with Crippen LogP contribution in [0.5, 0.6) is 0 Å². The molecule has 0 N–H and O–H groups in total. The molecule has 0 radical (unpaired) electrons. The van der Waals surface area contributed by atoms with Crippen molar-refractivity contribution in [3.63, 3.8) is 0 Å². The lowest BCUT2D eigenvalue weighted by atomic mass is 10.1. The molecular formula is C17H17NO3. The second-order valence-corrected chi connectivity index (χ2v) is 5.61. The zero-order chi connectivity index (χ0) is 15.5. The summed E-state index contributed by atoms with van der Waals surface area (Å²) in [5, 5.41) is 0.902. The summed E-state index contributed by atoms with van der Waals surface area (Å²) >= 11 is 0. The molecule has 0 spiro atoms. The molecule has 0 unspecified atom stereocenters. The summed E-state index contributed by atoms with van der Waals surface area (Å²) in [6.45, 7) is 5.49. The molecule has 108 valence electrons. The Morgan fingerprint density at radius 3 is 2.76 bits per heavy atom. The van der Waals surface area contributed by atoms with Crippen LogP contribution in [-0.4, -0.2) is 22.5 Å². The van der Waals surface area contributed by atoms with E-state index in [-0.39, 0.29) is 6.42 Å². The van der Waals surface area contributed by atoms with E-state index in [1.165, 1.54) is 4.57 Å². The van der Waals surface area contributed by atoms with Crippen molar-refractivity contribution >= 4 is 23.3 Å². The van der Waals surface area contributed by atoms with E-state index in [9.17, 15) is 9.59 Å². The molecule has 4 heteroatoms. The topological polar surface area (TPSA) is 48.3 Å². The van der Waals surface area contributed by atoms with Crippen LogP contribution in [0.2, 0.25) is 0 Å². The Hall–Kier alpha value is -2.54. The van der Waals surface area contributed by atoms with E-state index in [4.69, 9.17) is 4.74 Å². The van der Waals surface area contributed by atoms with Gasteiger partial charge in [-0.1, -0.05) is 11.8 Å². The van der Waals surface area contributed by atoms with Gasteiger partial charge in [0, 0.05) is 17.1 Å². The second kappa shape index (κ2) is 5.84. The average Bonchev–Trinajstić information content (AvgIpc) is 2.80. The summed E-state index contributed by atoms with van der Waals surface area (Å²) < 4.78 is 6.83. The molecule has 0 amide bonds. The van der Waals surface area contributed by atoms with Gasteiger partial charge < -0.3 is 9.53 Å². The van der Waals surface area contributed by atoms with Crippen LogP contribution in [0.15, 0.2) is 30.5 Å². The van der Waals surface area contributed by atoms with Crippen LogP contribution in [0, 0.1) is 11.8 Å². The van der Waals surface area contributed by atoms with Crippen molar-refractivity contribution in [2.45, 2.75) is 32.8 Å². The van der Waals surface area contributed by atoms with Crippen molar-refractivity contribution in [3.05, 3.63) is 36.0 Å². The third-order valence-corrected chi connectivity index (χ3v) is 2.70. The standard InChI is InChI=1S/C17H17NO3/c1-17(2,3)21-16(20)18-10-9-14-12-13(6-4-5-11-19)7-8-15(14)18/h7-12H,5H2,1-3H3. The first-order valence-electron chi connectivity index (χ1n) is 6.68. The minimum Gasteiger partial charge on any atom is -0.443 e. The number of aldehydes is 1. The monoisotopic (exact) mass is 283 g/mol. The molecule has 0 bridgehead atoms. The van der Waals surface area contributed by atoms with Crippen molar-refractivity contribution in [3.8, 4) is 11.8 Å². The molecular weight excluding hydrogens is 266 g/mol. The molecule has 0 aliphatic heterocycles. The minimum absolute atomic E-state index is 0.219. The maximum Gasteiger partial charge on any atom is 0.418 e. The van der Waals surface area contributed by atoms with Crippen LogP contribution in [0.1, 0.15) is 32.8 Å². The molecule has 0 saturated heterocycles. The lowest BCUT2D eigenvalue weighted by Gasteiger charge is -2.19. The molecule has 0 fully saturated rings. The summed E-state index contributed by atoms with van der Waals surface area (Å²) in [6, 6.07) is 7.36. The lowest BCUT2D eigenvalue weighted by molar-refractivity contribution is -0.107. The van der Waals surface area contributed by atoms with Crippen LogP contribution >= 0.6 is 0 Å². The van der Waals surface area contributed by atoms with Gasteiger partial charge in [-0.3, -0.25) is 4.57 Å². The Bertz CT molecular complexity index is 739. The first-order chi connectivity index (χ1) is 9.90. The minimum atomic E-state index is -0.534. The van der Waals surface area contributed by atoms with Gasteiger partial charge in [-0.05, 0) is 45.0 Å². The van der Waals surface area contributed by atoms with Gasteiger partial charge in [0.05, 0.1) is 11.9 Å². The summed E-state index contributed by atoms with van der Waals surface area (Å²) in [7, 11) is 0. The maximum absolute atomic E-state index is 12.1. The van der Waals surface area contributed by atoms with Gasteiger partial charge in [-0.15, -0.1) is 0 Å². The fraction of sp³-hybridized carbons (Fsp3) is 0.294. The third-order valence-electron chi connectivity index (χ3n) is 2.70. The molecule has 1 aromatic carbocycles. The van der Waals surface area contributed by atoms with Gasteiger partial charge in [0.15, 0.2) is 0 Å². The summed E-state index contributed by atoms with van der Waals surface area (Å²) in [6.07, 6.45) is 2.26. The van der Waals surface area contributed by atoms with Gasteiger partial charge in [-0.25, -0.2) is 4.79 Å². The van der Waals surface area contributed by atoms with E-state index < -0.39 is 11.7 Å². The second-order valence-electron chi connectivity index (χ2n) is 5.61. The van der Waals surface area contributed by atoms with Crippen LogP contribution in [-0.2, 0) is 9.53 Å². The molecule has 2 rings (SSSR count). The first-order valence-corrected chi connectivity index (χ1v) is 6.68. The summed E-state index contributed by atoms with van der Waals surface area (Å²) in [4.78, 5) is 22.3. The number of carbonyl (C=O) groups is 2. The van der Waals surface area contributed by atoms with Crippen LogP contribution in [0.25, 0.3) is 10.9 Å². The fourth-order valence-electron chi connectivity index (χ4n) is 1.89. The Labute approximate surface area is 123 Å². The molecule has 0 saturated carbocycles. The SMILES string of the molecule is CC(C)(C)OC(=O)n1ccc2cc(C#CCC=O)ccc21. The van der Waals surface area contributed by atoms with Crippen molar-refractivity contribution in [2.75, 3.05) is 0 Å². The summed E-state index contributed by atoms with van der Waals surface area (Å²) in [5.74, 6) is 5.67. The largest absolute Gasteiger partial charge is 0.443 e. The number of fused-ring (bicyclic) bond motifs is 1. The molecule has 2 aromatic rings. The lowest BCUT2D eigenvalue weighted by Crippen LogP contribution is -2.26. The fourth-order valence-corrected chi connectivity index (χ4v) is 1.89. The number of aromatic nitrogens is 1. The Balaban J connectivity index is 2.31. The number of carbonyl (C=O) groups excluding carboxylic acids is 2. The van der Waals surface area contributed by atoms with Crippen LogP contribution in [0.3, 0.4) is 0 Å². The van der Waals surface area contributed by atoms with Crippen LogP contribution in [0.4, 0.5) is 4.79 Å². The Morgan fingerprint density at radius 2 is 2.10 bits per heavy atom. The molecule has 1 heterocycles. The van der Waals surface area contributed by atoms with Crippen molar-refractivity contribution in [1.29, 1.82) is 0 Å². The van der Waals surface area contributed by atoms with E-state index in [0.717, 1.165) is 22.8 Å². The first kappa shape index (κ1) is 14.9. The van der Waals surface area contributed by atoms with E-state index >= 15 is 0 Å². The van der Waals surface area contributed by atoms with E-state index in [2.05, 4.69) is 11.8 Å². The van der Waals surface area contributed by atoms with Crippen molar-refractivity contribution < 1.29 is 14.3 Å². The number of nitrogens with zero attached hydrogens (tertiary/aromatic N) is 1. The van der Waals surface area contributed by atoms with Crippen molar-refractivity contribution in [2.24, 2.45) is 0 Å². The average molecular weight is 283 g/mol. The van der Waals surface area contributed by atoms with E-state index in [1.54, 1.807) is 6.20 Å². The highest BCUT2D eigenvalue weighted by atomic mass is 16.6.